The summed E-state index contributed by atoms with van der Waals surface area (Å²) < 4.78 is 20.0. The molecule has 0 unspecified atom stereocenters. The quantitative estimate of drug-likeness (QED) is 0.281. The van der Waals surface area contributed by atoms with Crippen LogP contribution in [0.4, 0.5) is 10.1 Å². The van der Waals surface area contributed by atoms with Crippen molar-refractivity contribution < 1.29 is 13.9 Å². The Labute approximate surface area is 197 Å². The van der Waals surface area contributed by atoms with Gasteiger partial charge in [0.1, 0.15) is 29.8 Å². The lowest BCUT2D eigenvalue weighted by molar-refractivity contribution is -0.112. The molecule has 0 aromatic heterocycles. The third-order valence-electron chi connectivity index (χ3n) is 4.17. The maximum atomic E-state index is 13.7. The molecular formula is C23H14BrCl2FN2O2. The molecule has 0 bridgehead atoms. The van der Waals surface area contributed by atoms with E-state index in [1.165, 1.54) is 12.1 Å². The highest BCUT2D eigenvalue weighted by molar-refractivity contribution is 9.10. The van der Waals surface area contributed by atoms with Crippen molar-refractivity contribution in [2.45, 2.75) is 6.61 Å². The molecule has 0 radical (unpaired) electrons. The number of rotatable bonds is 6. The van der Waals surface area contributed by atoms with E-state index in [-0.39, 0.29) is 28.0 Å². The first-order valence-electron chi connectivity index (χ1n) is 8.92. The van der Waals surface area contributed by atoms with Crippen molar-refractivity contribution in [3.8, 4) is 11.8 Å². The Morgan fingerprint density at radius 3 is 2.65 bits per heavy atom. The number of nitrogens with zero attached hydrogens (tertiary/aromatic N) is 1. The van der Waals surface area contributed by atoms with Gasteiger partial charge in [-0.15, -0.1) is 0 Å². The lowest BCUT2D eigenvalue weighted by Crippen LogP contribution is -2.13. The number of nitriles is 1. The average Bonchev–Trinajstić information content (AvgIpc) is 2.75. The van der Waals surface area contributed by atoms with Crippen molar-refractivity contribution in [3.05, 3.63) is 97.7 Å². The van der Waals surface area contributed by atoms with Gasteiger partial charge in [-0.05, 0) is 57.9 Å². The molecule has 4 nitrogen and oxygen atoms in total. The van der Waals surface area contributed by atoms with Crippen molar-refractivity contribution in [2.24, 2.45) is 0 Å². The molecule has 0 saturated heterocycles. The van der Waals surface area contributed by atoms with Gasteiger partial charge >= 0.3 is 0 Å². The minimum atomic E-state index is -0.623. The van der Waals surface area contributed by atoms with Crippen LogP contribution < -0.4 is 10.1 Å². The molecule has 1 amide bonds. The van der Waals surface area contributed by atoms with Crippen LogP contribution in [0.5, 0.6) is 5.75 Å². The summed E-state index contributed by atoms with van der Waals surface area (Å²) >= 11 is 15.4. The summed E-state index contributed by atoms with van der Waals surface area (Å²) in [5.74, 6) is -0.473. The summed E-state index contributed by atoms with van der Waals surface area (Å²) in [6, 6.07) is 18.1. The van der Waals surface area contributed by atoms with Crippen molar-refractivity contribution in [2.75, 3.05) is 5.32 Å². The first-order chi connectivity index (χ1) is 14.9. The number of carbonyl (C=O) groups excluding carboxylic acids is 1. The van der Waals surface area contributed by atoms with Gasteiger partial charge in [0, 0.05) is 5.56 Å². The largest absolute Gasteiger partial charge is 0.488 e. The Hall–Kier alpha value is -2.85. The number of hydrogen-bond donors (Lipinski definition) is 1. The maximum Gasteiger partial charge on any atom is 0.266 e. The molecule has 156 valence electrons. The van der Waals surface area contributed by atoms with Gasteiger partial charge in [-0.1, -0.05) is 53.5 Å². The molecule has 0 saturated carbocycles. The van der Waals surface area contributed by atoms with Crippen LogP contribution in [-0.4, -0.2) is 5.91 Å². The van der Waals surface area contributed by atoms with Crippen LogP contribution in [0.3, 0.4) is 0 Å². The van der Waals surface area contributed by atoms with E-state index in [9.17, 15) is 14.4 Å². The second kappa shape index (κ2) is 10.5. The average molecular weight is 520 g/mol. The van der Waals surface area contributed by atoms with Crippen LogP contribution in [0.1, 0.15) is 11.1 Å². The number of amides is 1. The number of ether oxygens (including phenoxy) is 1. The highest BCUT2D eigenvalue weighted by atomic mass is 79.9. The molecule has 0 aliphatic carbocycles. The Morgan fingerprint density at radius 1 is 1.16 bits per heavy atom. The number of nitrogens with one attached hydrogen (secondary N) is 1. The molecule has 0 aliphatic heterocycles. The Balaban J connectivity index is 1.74. The van der Waals surface area contributed by atoms with Crippen molar-refractivity contribution in [1.82, 2.24) is 0 Å². The molecule has 3 aromatic carbocycles. The van der Waals surface area contributed by atoms with Crippen molar-refractivity contribution in [3.63, 3.8) is 0 Å². The first-order valence-corrected chi connectivity index (χ1v) is 10.5. The van der Waals surface area contributed by atoms with Crippen molar-refractivity contribution in [1.29, 1.82) is 5.26 Å². The zero-order chi connectivity index (χ0) is 22.4. The number of anilines is 1. The van der Waals surface area contributed by atoms with E-state index < -0.39 is 5.91 Å². The summed E-state index contributed by atoms with van der Waals surface area (Å²) in [5, 5.41) is 12.5. The van der Waals surface area contributed by atoms with E-state index >= 15 is 0 Å². The van der Waals surface area contributed by atoms with Gasteiger partial charge in [0.25, 0.3) is 5.91 Å². The lowest BCUT2D eigenvalue weighted by atomic mass is 10.1. The molecule has 1 N–H and O–H groups in total. The fourth-order valence-corrected chi connectivity index (χ4v) is 3.46. The fourth-order valence-electron chi connectivity index (χ4n) is 2.60. The van der Waals surface area contributed by atoms with E-state index in [4.69, 9.17) is 27.9 Å². The minimum absolute atomic E-state index is 0.0622. The smallest absolute Gasteiger partial charge is 0.266 e. The molecule has 0 aliphatic rings. The molecule has 0 atom stereocenters. The third kappa shape index (κ3) is 5.86. The topological polar surface area (TPSA) is 62.1 Å². The highest BCUT2D eigenvalue weighted by Crippen LogP contribution is 2.30. The summed E-state index contributed by atoms with van der Waals surface area (Å²) in [5.41, 5.74) is 1.21. The molecular weight excluding hydrogens is 506 g/mol. The van der Waals surface area contributed by atoms with E-state index in [0.717, 1.165) is 0 Å². The summed E-state index contributed by atoms with van der Waals surface area (Å²) in [7, 11) is 0. The molecule has 3 rings (SSSR count). The Morgan fingerprint density at radius 2 is 1.94 bits per heavy atom. The number of benzene rings is 3. The zero-order valence-corrected chi connectivity index (χ0v) is 18.9. The van der Waals surface area contributed by atoms with Gasteiger partial charge in [0.2, 0.25) is 0 Å². The first kappa shape index (κ1) is 22.8. The summed E-state index contributed by atoms with van der Waals surface area (Å²) in [6.07, 6.45) is 1.43. The van der Waals surface area contributed by atoms with E-state index in [0.29, 0.717) is 27.0 Å². The Kier molecular flexibility index (Phi) is 7.69. The number of halogens is 4. The van der Waals surface area contributed by atoms with Gasteiger partial charge in [-0.2, -0.15) is 5.26 Å². The minimum Gasteiger partial charge on any atom is -0.488 e. The molecule has 0 spiro atoms. The van der Waals surface area contributed by atoms with E-state index in [1.807, 2.05) is 6.07 Å². The predicted octanol–water partition coefficient (Wildman–Crippen LogP) is 7.02. The highest BCUT2D eigenvalue weighted by Gasteiger charge is 2.13. The van der Waals surface area contributed by atoms with Crippen LogP contribution in [0.15, 0.2) is 70.7 Å². The Bertz CT molecular complexity index is 1210. The lowest BCUT2D eigenvalue weighted by Gasteiger charge is -2.10. The van der Waals surface area contributed by atoms with Gasteiger partial charge in [-0.3, -0.25) is 4.79 Å². The van der Waals surface area contributed by atoms with Gasteiger partial charge in [-0.25, -0.2) is 4.39 Å². The van der Waals surface area contributed by atoms with Crippen molar-refractivity contribution >= 4 is 56.8 Å². The SMILES string of the molecule is N#C/C(=C/c1ccc(OCc2ccccc2F)c(Br)c1)C(=O)Nc1cccc(Cl)c1Cl. The van der Waals surface area contributed by atoms with Crippen LogP contribution in [0.25, 0.3) is 6.08 Å². The van der Waals surface area contributed by atoms with Crippen LogP contribution in [0.2, 0.25) is 10.0 Å². The van der Waals surface area contributed by atoms with E-state index in [1.54, 1.807) is 54.6 Å². The molecule has 8 heteroatoms. The zero-order valence-electron chi connectivity index (χ0n) is 15.8. The second-order valence-electron chi connectivity index (χ2n) is 6.30. The summed E-state index contributed by atoms with van der Waals surface area (Å²) in [4.78, 5) is 12.5. The standard InChI is InChI=1S/C23H14BrCl2FN2O2/c24-17-11-14(8-9-21(17)31-13-15-4-1-2-6-19(15)27)10-16(12-28)23(30)29-20-7-3-5-18(25)22(20)26/h1-11H,13H2,(H,29,30)/b16-10-. The molecule has 3 aromatic rings. The monoisotopic (exact) mass is 518 g/mol. The predicted molar refractivity (Wildman–Crippen MR) is 124 cm³/mol. The van der Waals surface area contributed by atoms with Gasteiger partial charge in [0.15, 0.2) is 0 Å². The number of carbonyl (C=O) groups is 1. The molecule has 0 heterocycles. The maximum absolute atomic E-state index is 13.7. The number of hydrogen-bond acceptors (Lipinski definition) is 3. The van der Waals surface area contributed by atoms with Crippen LogP contribution >= 0.6 is 39.1 Å². The second-order valence-corrected chi connectivity index (χ2v) is 7.93. The van der Waals surface area contributed by atoms with Gasteiger partial charge in [0.05, 0.1) is 20.2 Å². The van der Waals surface area contributed by atoms with Crippen LogP contribution in [0, 0.1) is 17.1 Å². The normalized spacial score (nSPS) is 11.0. The molecule has 31 heavy (non-hydrogen) atoms. The summed E-state index contributed by atoms with van der Waals surface area (Å²) in [6.45, 7) is 0.0622. The molecule has 0 fully saturated rings. The van der Waals surface area contributed by atoms with E-state index in [2.05, 4.69) is 21.2 Å². The van der Waals surface area contributed by atoms with Gasteiger partial charge < -0.3 is 10.1 Å². The van der Waals surface area contributed by atoms with Crippen LogP contribution in [-0.2, 0) is 11.4 Å². The fraction of sp³-hybridized carbons (Fsp3) is 0.0435. The third-order valence-corrected chi connectivity index (χ3v) is 5.61.